The van der Waals surface area contributed by atoms with E-state index in [1.807, 2.05) is 43.5 Å². The third-order valence-corrected chi connectivity index (χ3v) is 5.74. The van der Waals surface area contributed by atoms with Crippen molar-refractivity contribution in [2.75, 3.05) is 6.54 Å². The number of carbonyl (C=O) groups excluding carboxylic acids is 1. The van der Waals surface area contributed by atoms with Crippen LogP contribution in [0.5, 0.6) is 0 Å². The number of aryl methyl sites for hydroxylation is 1. The maximum absolute atomic E-state index is 12.7. The number of hydrogen-bond acceptors (Lipinski definition) is 7. The van der Waals surface area contributed by atoms with Gasteiger partial charge in [-0.25, -0.2) is 4.68 Å². The second kappa shape index (κ2) is 9.13. The minimum atomic E-state index is -0.386. The van der Waals surface area contributed by atoms with Crippen molar-refractivity contribution in [2.45, 2.75) is 32.7 Å². The molecule has 1 atom stereocenters. The maximum Gasteiger partial charge on any atom is 0.268 e. The Kier molecular flexibility index (Phi) is 6.13. The Morgan fingerprint density at radius 3 is 2.84 bits per heavy atom. The van der Waals surface area contributed by atoms with Crippen LogP contribution < -0.4 is 10.9 Å². The lowest BCUT2D eigenvalue weighted by molar-refractivity contribution is -0.121. The lowest BCUT2D eigenvalue weighted by atomic mass is 10.1. The molecule has 0 spiro atoms. The molecule has 0 saturated carbocycles. The first kappa shape index (κ1) is 20.8. The highest BCUT2D eigenvalue weighted by Gasteiger charge is 2.18. The zero-order chi connectivity index (χ0) is 21.8. The van der Waals surface area contributed by atoms with Crippen LogP contribution in [0.2, 0.25) is 0 Å². The van der Waals surface area contributed by atoms with E-state index in [1.165, 1.54) is 22.1 Å². The van der Waals surface area contributed by atoms with Gasteiger partial charge in [-0.15, -0.1) is 11.3 Å². The third kappa shape index (κ3) is 4.83. The molecular weight excluding hydrogens is 416 g/mol. The molecule has 0 saturated heterocycles. The van der Waals surface area contributed by atoms with Crippen LogP contribution in [0.1, 0.15) is 30.7 Å². The van der Waals surface area contributed by atoms with Gasteiger partial charge in [-0.3, -0.25) is 9.59 Å². The molecular formula is C22H22N4O4S. The first-order chi connectivity index (χ1) is 15.0. The lowest BCUT2D eigenvalue weighted by Gasteiger charge is -2.11. The Bertz CT molecular complexity index is 1210. The van der Waals surface area contributed by atoms with Gasteiger partial charge in [0.05, 0.1) is 22.4 Å². The van der Waals surface area contributed by atoms with Gasteiger partial charge >= 0.3 is 0 Å². The second-order valence-electron chi connectivity index (χ2n) is 7.27. The molecule has 0 aliphatic rings. The summed E-state index contributed by atoms with van der Waals surface area (Å²) in [6, 6.07) is 10.8. The molecule has 1 amide bonds. The number of carbonyl (C=O) groups is 1. The monoisotopic (exact) mass is 438 g/mol. The van der Waals surface area contributed by atoms with E-state index in [2.05, 4.69) is 15.6 Å². The molecule has 0 aromatic carbocycles. The quantitative estimate of drug-likeness (QED) is 0.448. The molecule has 0 fully saturated rings. The van der Waals surface area contributed by atoms with E-state index in [4.69, 9.17) is 8.94 Å². The van der Waals surface area contributed by atoms with Crippen molar-refractivity contribution in [1.29, 1.82) is 0 Å². The Hall–Kier alpha value is -3.46. The molecule has 0 bridgehead atoms. The first-order valence-corrected chi connectivity index (χ1v) is 10.8. The van der Waals surface area contributed by atoms with Crippen molar-refractivity contribution < 1.29 is 13.7 Å². The van der Waals surface area contributed by atoms with Crippen molar-refractivity contribution in [3.8, 4) is 21.9 Å². The zero-order valence-corrected chi connectivity index (χ0v) is 18.0. The van der Waals surface area contributed by atoms with Gasteiger partial charge in [0.2, 0.25) is 5.91 Å². The first-order valence-electron chi connectivity index (χ1n) is 9.91. The van der Waals surface area contributed by atoms with Gasteiger partial charge in [-0.05, 0) is 36.9 Å². The molecule has 4 aromatic heterocycles. The summed E-state index contributed by atoms with van der Waals surface area (Å²) < 4.78 is 11.9. The Balaban J connectivity index is 1.50. The molecule has 9 heteroatoms. The number of furan rings is 1. The van der Waals surface area contributed by atoms with Gasteiger partial charge in [0.15, 0.2) is 5.76 Å². The van der Waals surface area contributed by atoms with E-state index in [0.29, 0.717) is 29.3 Å². The molecule has 8 nitrogen and oxygen atoms in total. The maximum atomic E-state index is 12.7. The summed E-state index contributed by atoms with van der Waals surface area (Å²) in [5.74, 6) is 1.26. The van der Waals surface area contributed by atoms with Gasteiger partial charge in [-0.1, -0.05) is 18.1 Å². The molecule has 0 radical (unpaired) electrons. The van der Waals surface area contributed by atoms with Crippen LogP contribution in [0.4, 0.5) is 0 Å². The SMILES string of the molecule is Cc1cc(-c2cc(=O)n(CC(=O)NCC[C@@H](C)c3ccco3)nc2-c2cccs2)on1. The normalized spacial score (nSPS) is 12.1. The topological polar surface area (TPSA) is 103 Å². The summed E-state index contributed by atoms with van der Waals surface area (Å²) in [6.07, 6.45) is 2.36. The van der Waals surface area contributed by atoms with Crippen LogP contribution in [0.3, 0.4) is 0 Å². The van der Waals surface area contributed by atoms with Crippen molar-refractivity contribution in [1.82, 2.24) is 20.3 Å². The average Bonchev–Trinajstić information content (AvgIpc) is 3.52. The highest BCUT2D eigenvalue weighted by Crippen LogP contribution is 2.32. The van der Waals surface area contributed by atoms with Crippen molar-refractivity contribution >= 4 is 17.2 Å². The number of aromatic nitrogens is 3. The number of hydrogen-bond donors (Lipinski definition) is 1. The second-order valence-corrected chi connectivity index (χ2v) is 8.22. The molecule has 4 rings (SSSR count). The van der Waals surface area contributed by atoms with Crippen molar-refractivity contribution in [3.63, 3.8) is 0 Å². The summed E-state index contributed by atoms with van der Waals surface area (Å²) in [5.41, 5.74) is 1.45. The molecule has 1 N–H and O–H groups in total. The van der Waals surface area contributed by atoms with Gasteiger partial charge < -0.3 is 14.3 Å². The van der Waals surface area contributed by atoms with E-state index < -0.39 is 0 Å². The van der Waals surface area contributed by atoms with Crippen LogP contribution in [0, 0.1) is 6.92 Å². The summed E-state index contributed by atoms with van der Waals surface area (Å²) >= 11 is 1.49. The zero-order valence-electron chi connectivity index (χ0n) is 17.2. The highest BCUT2D eigenvalue weighted by atomic mass is 32.1. The molecule has 0 unspecified atom stereocenters. The fraction of sp³-hybridized carbons (Fsp3) is 0.273. The fourth-order valence-electron chi connectivity index (χ4n) is 3.21. The number of nitrogens with zero attached hydrogens (tertiary/aromatic N) is 3. The van der Waals surface area contributed by atoms with Crippen LogP contribution in [-0.2, 0) is 11.3 Å². The molecule has 160 valence electrons. The largest absolute Gasteiger partial charge is 0.469 e. The van der Waals surface area contributed by atoms with E-state index in [0.717, 1.165) is 17.1 Å². The third-order valence-electron chi connectivity index (χ3n) is 4.87. The predicted molar refractivity (Wildman–Crippen MR) is 117 cm³/mol. The van der Waals surface area contributed by atoms with Crippen LogP contribution in [-0.4, -0.2) is 27.4 Å². The summed E-state index contributed by atoms with van der Waals surface area (Å²) in [7, 11) is 0. The van der Waals surface area contributed by atoms with Gasteiger partial charge in [-0.2, -0.15) is 5.10 Å². The van der Waals surface area contributed by atoms with E-state index in [-0.39, 0.29) is 23.9 Å². The van der Waals surface area contributed by atoms with Crippen LogP contribution >= 0.6 is 11.3 Å². The summed E-state index contributed by atoms with van der Waals surface area (Å²) in [5, 5.41) is 13.2. The molecule has 0 aliphatic heterocycles. The van der Waals surface area contributed by atoms with E-state index in [1.54, 1.807) is 12.3 Å². The summed E-state index contributed by atoms with van der Waals surface area (Å²) in [6.45, 7) is 4.16. The molecule has 0 aliphatic carbocycles. The lowest BCUT2D eigenvalue weighted by Crippen LogP contribution is -2.34. The fourth-order valence-corrected chi connectivity index (χ4v) is 3.93. The summed E-state index contributed by atoms with van der Waals surface area (Å²) in [4.78, 5) is 26.0. The van der Waals surface area contributed by atoms with Gasteiger partial charge in [0.25, 0.3) is 5.56 Å². The predicted octanol–water partition coefficient (Wildman–Crippen LogP) is 3.84. The van der Waals surface area contributed by atoms with Crippen molar-refractivity contribution in [3.05, 3.63) is 69.8 Å². The minimum Gasteiger partial charge on any atom is -0.469 e. The number of thiophene rings is 1. The smallest absolute Gasteiger partial charge is 0.268 e. The number of rotatable bonds is 8. The van der Waals surface area contributed by atoms with E-state index in [9.17, 15) is 9.59 Å². The highest BCUT2D eigenvalue weighted by molar-refractivity contribution is 7.13. The molecule has 4 heterocycles. The van der Waals surface area contributed by atoms with E-state index >= 15 is 0 Å². The average molecular weight is 439 g/mol. The number of amides is 1. The Morgan fingerprint density at radius 2 is 2.16 bits per heavy atom. The molecule has 4 aromatic rings. The Labute approximate surface area is 182 Å². The van der Waals surface area contributed by atoms with Gasteiger partial charge in [0, 0.05) is 24.6 Å². The van der Waals surface area contributed by atoms with Crippen molar-refractivity contribution in [2.24, 2.45) is 0 Å². The van der Waals surface area contributed by atoms with Crippen LogP contribution in [0.25, 0.3) is 21.9 Å². The van der Waals surface area contributed by atoms with Crippen LogP contribution in [0.15, 0.2) is 61.8 Å². The van der Waals surface area contributed by atoms with Gasteiger partial charge in [0.1, 0.15) is 18.0 Å². The molecule has 31 heavy (non-hydrogen) atoms. The Morgan fingerprint density at radius 1 is 1.29 bits per heavy atom. The standard InChI is InChI=1S/C22H22N4O4S/c1-14(17-5-3-9-29-17)7-8-23-20(27)13-26-21(28)12-16(18-11-15(2)25-30-18)22(24-26)19-6-4-10-31-19/h3-6,9-12,14H,7-8,13H2,1-2H3,(H,23,27)/t14-/m1/s1. The minimum absolute atomic E-state index is 0.165. The number of nitrogens with one attached hydrogen (secondary N) is 1.